The van der Waals surface area contributed by atoms with Crippen LogP contribution in [-0.4, -0.2) is 24.0 Å². The van der Waals surface area contributed by atoms with Gasteiger partial charge in [0, 0.05) is 24.8 Å². The summed E-state index contributed by atoms with van der Waals surface area (Å²) in [4.78, 5) is 1.41. The molecule has 0 radical (unpaired) electrons. The average molecular weight is 219 g/mol. The molecule has 0 atom stereocenters. The monoisotopic (exact) mass is 219 g/mol. The number of quaternary nitrogens is 1. The number of nitrogens with zero attached hydrogens (tertiary/aromatic N) is 1. The zero-order chi connectivity index (χ0) is 11.0. The highest BCUT2D eigenvalue weighted by Gasteiger charge is 2.39. The number of piperidine rings is 3. The fourth-order valence-corrected chi connectivity index (χ4v) is 2.74. The number of hydrogen-bond donors (Lipinski definition) is 2. The van der Waals surface area contributed by atoms with E-state index < -0.39 is 0 Å². The maximum Gasteiger partial charge on any atom is 0.160 e. The maximum atomic E-state index is 9.12. The second-order valence-electron chi connectivity index (χ2n) is 4.44. The molecule has 0 spiro atoms. The first kappa shape index (κ1) is 9.66. The van der Waals surface area contributed by atoms with Crippen LogP contribution in [-0.2, 0) is 0 Å². The average Bonchev–Trinajstić information content (AvgIpc) is 2.83. The second kappa shape index (κ2) is 3.79. The SMILES string of the molecule is ON=C1C(=Cc2ccco2)[NH+]2CCC1CC2. The van der Waals surface area contributed by atoms with Gasteiger partial charge < -0.3 is 14.5 Å². The van der Waals surface area contributed by atoms with Gasteiger partial charge in [-0.2, -0.15) is 0 Å². The quantitative estimate of drug-likeness (QED) is 0.541. The van der Waals surface area contributed by atoms with Gasteiger partial charge in [0.15, 0.2) is 5.70 Å². The number of furan rings is 1. The van der Waals surface area contributed by atoms with Crippen LogP contribution in [0, 0.1) is 5.92 Å². The van der Waals surface area contributed by atoms with E-state index in [0.29, 0.717) is 5.92 Å². The molecule has 0 saturated carbocycles. The Hall–Kier alpha value is -1.55. The van der Waals surface area contributed by atoms with Gasteiger partial charge in [-0.15, -0.1) is 0 Å². The number of rotatable bonds is 1. The van der Waals surface area contributed by atoms with Crippen LogP contribution in [0.3, 0.4) is 0 Å². The molecule has 3 aliphatic rings. The van der Waals surface area contributed by atoms with Gasteiger partial charge >= 0.3 is 0 Å². The lowest BCUT2D eigenvalue weighted by Gasteiger charge is -2.37. The molecule has 1 aromatic heterocycles. The standard InChI is InChI=1S/C12H14N2O2/c15-13-12-9-3-5-14(6-4-9)11(12)8-10-2-1-7-16-10/h1-2,7-9,15H,3-6H2/p+1. The molecule has 4 rings (SSSR count). The van der Waals surface area contributed by atoms with Gasteiger partial charge in [-0.3, -0.25) is 0 Å². The van der Waals surface area contributed by atoms with E-state index in [1.54, 1.807) is 6.26 Å². The Balaban J connectivity index is 1.99. The third-order valence-electron chi connectivity index (χ3n) is 3.57. The van der Waals surface area contributed by atoms with Crippen LogP contribution in [0.4, 0.5) is 0 Å². The minimum absolute atomic E-state index is 0.434. The molecule has 3 saturated heterocycles. The van der Waals surface area contributed by atoms with Crippen LogP contribution < -0.4 is 4.90 Å². The van der Waals surface area contributed by atoms with Crippen molar-refractivity contribution in [1.82, 2.24) is 0 Å². The number of fused-ring (bicyclic) bond motifs is 3. The Kier molecular flexibility index (Phi) is 2.29. The maximum absolute atomic E-state index is 9.12. The van der Waals surface area contributed by atoms with E-state index in [9.17, 15) is 0 Å². The van der Waals surface area contributed by atoms with Crippen molar-refractivity contribution in [3.05, 3.63) is 29.9 Å². The van der Waals surface area contributed by atoms with Crippen molar-refractivity contribution in [3.63, 3.8) is 0 Å². The van der Waals surface area contributed by atoms with Crippen LogP contribution in [0.25, 0.3) is 6.08 Å². The Morgan fingerprint density at radius 2 is 2.25 bits per heavy atom. The summed E-state index contributed by atoms with van der Waals surface area (Å²) >= 11 is 0. The minimum atomic E-state index is 0.434. The van der Waals surface area contributed by atoms with Crippen molar-refractivity contribution in [2.75, 3.05) is 13.1 Å². The van der Waals surface area contributed by atoms with Crippen LogP contribution in [0.5, 0.6) is 0 Å². The first-order valence-electron chi connectivity index (χ1n) is 5.71. The molecule has 0 amide bonds. The molecule has 16 heavy (non-hydrogen) atoms. The van der Waals surface area contributed by atoms with Gasteiger partial charge in [0.1, 0.15) is 11.5 Å². The van der Waals surface area contributed by atoms with Gasteiger partial charge in [-0.25, -0.2) is 0 Å². The summed E-state index contributed by atoms with van der Waals surface area (Å²) in [6.07, 6.45) is 5.91. The zero-order valence-electron chi connectivity index (χ0n) is 9.02. The molecule has 0 aliphatic carbocycles. The lowest BCUT2D eigenvalue weighted by atomic mass is 9.84. The molecule has 4 heteroatoms. The van der Waals surface area contributed by atoms with Gasteiger partial charge in [-0.05, 0) is 12.1 Å². The largest absolute Gasteiger partial charge is 0.465 e. The molecule has 1 aromatic rings. The fraction of sp³-hybridized carbons (Fsp3) is 0.417. The number of nitrogens with one attached hydrogen (secondary N) is 1. The first-order valence-corrected chi connectivity index (χ1v) is 5.71. The molecule has 3 fully saturated rings. The summed E-state index contributed by atoms with van der Waals surface area (Å²) in [7, 11) is 0. The number of oxime groups is 1. The molecular formula is C12H15N2O2+. The van der Waals surface area contributed by atoms with E-state index in [1.807, 2.05) is 18.2 Å². The number of allylic oxidation sites excluding steroid dienone is 1. The topological polar surface area (TPSA) is 50.2 Å². The lowest BCUT2D eigenvalue weighted by Crippen LogP contribution is -3.14. The third kappa shape index (κ3) is 1.46. The van der Waals surface area contributed by atoms with Crippen molar-refractivity contribution in [3.8, 4) is 0 Å². The highest BCUT2D eigenvalue weighted by Crippen LogP contribution is 2.22. The first-order chi connectivity index (χ1) is 7.88. The van der Waals surface area contributed by atoms with Crippen molar-refractivity contribution in [1.29, 1.82) is 0 Å². The molecule has 2 bridgehead atoms. The van der Waals surface area contributed by atoms with Crippen LogP contribution in [0.2, 0.25) is 0 Å². The van der Waals surface area contributed by atoms with Crippen molar-refractivity contribution >= 4 is 11.8 Å². The van der Waals surface area contributed by atoms with Crippen molar-refractivity contribution in [2.45, 2.75) is 12.8 Å². The highest BCUT2D eigenvalue weighted by molar-refractivity contribution is 6.03. The second-order valence-corrected chi connectivity index (χ2v) is 4.44. The highest BCUT2D eigenvalue weighted by atomic mass is 16.4. The molecule has 4 nitrogen and oxygen atoms in total. The normalized spacial score (nSPS) is 33.8. The van der Waals surface area contributed by atoms with E-state index in [4.69, 9.17) is 9.62 Å². The predicted molar refractivity (Wildman–Crippen MR) is 59.3 cm³/mol. The summed E-state index contributed by atoms with van der Waals surface area (Å²) in [5, 5.41) is 12.6. The van der Waals surface area contributed by atoms with Gasteiger partial charge in [0.2, 0.25) is 0 Å². The van der Waals surface area contributed by atoms with E-state index in [2.05, 4.69) is 5.16 Å². The van der Waals surface area contributed by atoms with Crippen LogP contribution in [0.15, 0.2) is 33.7 Å². The van der Waals surface area contributed by atoms with Crippen LogP contribution in [0.1, 0.15) is 18.6 Å². The van der Waals surface area contributed by atoms with Crippen LogP contribution >= 0.6 is 0 Å². The molecule has 4 heterocycles. The Labute approximate surface area is 93.8 Å². The summed E-state index contributed by atoms with van der Waals surface area (Å²) in [6, 6.07) is 3.79. The summed E-state index contributed by atoms with van der Waals surface area (Å²) in [5.41, 5.74) is 1.95. The molecule has 2 N–H and O–H groups in total. The Morgan fingerprint density at radius 1 is 1.44 bits per heavy atom. The van der Waals surface area contributed by atoms with Gasteiger partial charge in [-0.1, -0.05) is 5.16 Å². The Morgan fingerprint density at radius 3 is 2.88 bits per heavy atom. The predicted octanol–water partition coefficient (Wildman–Crippen LogP) is 0.759. The summed E-state index contributed by atoms with van der Waals surface area (Å²) in [6.45, 7) is 2.27. The smallest absolute Gasteiger partial charge is 0.160 e. The Bertz CT molecular complexity index is 426. The third-order valence-corrected chi connectivity index (χ3v) is 3.57. The van der Waals surface area contributed by atoms with E-state index in [0.717, 1.165) is 43.1 Å². The van der Waals surface area contributed by atoms with E-state index in [1.165, 1.54) is 4.90 Å². The molecular weight excluding hydrogens is 204 g/mol. The fourth-order valence-electron chi connectivity index (χ4n) is 2.74. The summed E-state index contributed by atoms with van der Waals surface area (Å²) < 4.78 is 5.31. The molecule has 3 aliphatic heterocycles. The van der Waals surface area contributed by atoms with Crippen molar-refractivity contribution < 1.29 is 14.5 Å². The summed E-state index contributed by atoms with van der Waals surface area (Å²) in [5.74, 6) is 1.26. The van der Waals surface area contributed by atoms with E-state index in [-0.39, 0.29) is 0 Å². The lowest BCUT2D eigenvalue weighted by molar-refractivity contribution is -0.865. The molecule has 84 valence electrons. The number of hydrogen-bond acceptors (Lipinski definition) is 3. The molecule has 0 aromatic carbocycles. The molecule has 0 unspecified atom stereocenters. The minimum Gasteiger partial charge on any atom is -0.465 e. The van der Waals surface area contributed by atoms with Gasteiger partial charge in [0.25, 0.3) is 0 Å². The van der Waals surface area contributed by atoms with Gasteiger partial charge in [0.05, 0.1) is 19.4 Å². The van der Waals surface area contributed by atoms with E-state index >= 15 is 0 Å². The zero-order valence-corrected chi connectivity index (χ0v) is 9.02. The van der Waals surface area contributed by atoms with Crippen molar-refractivity contribution in [2.24, 2.45) is 11.1 Å².